The Hall–Kier alpha value is -0.600. The van der Waals surface area contributed by atoms with E-state index in [9.17, 15) is 4.39 Å². The minimum absolute atomic E-state index is 0.0615. The van der Waals surface area contributed by atoms with Gasteiger partial charge in [-0.25, -0.2) is 4.39 Å². The molecule has 0 aliphatic rings. The summed E-state index contributed by atoms with van der Waals surface area (Å²) in [6.45, 7) is 8.77. The van der Waals surface area contributed by atoms with E-state index in [1.807, 2.05) is 0 Å². The second-order valence-electron chi connectivity index (χ2n) is 6.17. The van der Waals surface area contributed by atoms with E-state index < -0.39 is 0 Å². The van der Waals surface area contributed by atoms with Crippen LogP contribution in [0.1, 0.15) is 39.7 Å². The highest BCUT2D eigenvalue weighted by Gasteiger charge is 2.23. The van der Waals surface area contributed by atoms with E-state index in [4.69, 9.17) is 17.3 Å². The van der Waals surface area contributed by atoms with Crippen molar-refractivity contribution in [3.8, 4) is 0 Å². The van der Waals surface area contributed by atoms with Crippen LogP contribution in [0.3, 0.4) is 0 Å². The van der Waals surface area contributed by atoms with Gasteiger partial charge < -0.3 is 5.73 Å². The normalized spacial score (nSPS) is 15.5. The van der Waals surface area contributed by atoms with Crippen LogP contribution in [0.2, 0.25) is 5.02 Å². The summed E-state index contributed by atoms with van der Waals surface area (Å²) < 4.78 is 13.6. The third-order valence-corrected chi connectivity index (χ3v) is 4.02. The van der Waals surface area contributed by atoms with E-state index in [1.54, 1.807) is 12.1 Å². The molecule has 1 aromatic carbocycles. The molecule has 1 rings (SSSR count). The zero-order chi connectivity index (χ0) is 13.9. The van der Waals surface area contributed by atoms with Crippen molar-refractivity contribution >= 4 is 11.6 Å². The maximum atomic E-state index is 13.6. The molecule has 0 heterocycles. The molecule has 3 heteroatoms. The van der Waals surface area contributed by atoms with E-state index in [0.29, 0.717) is 22.9 Å². The van der Waals surface area contributed by atoms with Gasteiger partial charge in [0.05, 0.1) is 0 Å². The lowest BCUT2D eigenvalue weighted by Crippen LogP contribution is -2.30. The predicted molar refractivity (Wildman–Crippen MR) is 76.3 cm³/mol. The third-order valence-electron chi connectivity index (χ3n) is 3.66. The summed E-state index contributed by atoms with van der Waals surface area (Å²) in [6.07, 6.45) is 1.36. The Morgan fingerprint density at radius 3 is 2.44 bits per heavy atom. The Bertz CT molecular complexity index is 378. The fraction of sp³-hybridized carbons (Fsp3) is 0.600. The summed E-state index contributed by atoms with van der Waals surface area (Å²) in [5.41, 5.74) is 6.87. The van der Waals surface area contributed by atoms with Gasteiger partial charge in [-0.05, 0) is 36.3 Å². The molecule has 0 radical (unpaired) electrons. The van der Waals surface area contributed by atoms with Gasteiger partial charge in [0, 0.05) is 16.6 Å². The Kier molecular flexibility index (Phi) is 5.18. The molecule has 0 saturated heterocycles. The fourth-order valence-electron chi connectivity index (χ4n) is 1.88. The highest BCUT2D eigenvalue weighted by molar-refractivity contribution is 6.31. The standard InChI is InChI=1S/C15H23ClFN/c1-10(15(2,3)4)8-11(18)9-12-13(16)6-5-7-14(12)17/h5-7,10-11H,8-9,18H2,1-4H3. The van der Waals surface area contributed by atoms with Gasteiger partial charge in [0.15, 0.2) is 0 Å². The molecule has 102 valence electrons. The Balaban J connectivity index is 2.68. The third kappa shape index (κ3) is 4.25. The molecule has 1 nitrogen and oxygen atoms in total. The first kappa shape index (κ1) is 15.5. The average molecular weight is 272 g/mol. The van der Waals surface area contributed by atoms with Crippen molar-refractivity contribution in [2.75, 3.05) is 0 Å². The van der Waals surface area contributed by atoms with E-state index in [-0.39, 0.29) is 17.3 Å². The van der Waals surface area contributed by atoms with Gasteiger partial charge in [-0.3, -0.25) is 0 Å². The van der Waals surface area contributed by atoms with E-state index in [1.165, 1.54) is 6.07 Å². The first-order chi connectivity index (χ1) is 8.21. The largest absolute Gasteiger partial charge is 0.327 e. The molecule has 0 amide bonds. The molecule has 18 heavy (non-hydrogen) atoms. The molecule has 1 aromatic rings. The molecule has 0 aliphatic carbocycles. The van der Waals surface area contributed by atoms with Crippen LogP contribution in [-0.2, 0) is 6.42 Å². The van der Waals surface area contributed by atoms with Crippen molar-refractivity contribution < 1.29 is 4.39 Å². The quantitative estimate of drug-likeness (QED) is 0.862. The zero-order valence-corrected chi connectivity index (χ0v) is 12.4. The summed E-state index contributed by atoms with van der Waals surface area (Å²) in [5.74, 6) is 0.222. The summed E-state index contributed by atoms with van der Waals surface area (Å²) in [6, 6.07) is 4.69. The van der Waals surface area contributed by atoms with Crippen molar-refractivity contribution in [3.63, 3.8) is 0 Å². The summed E-state index contributed by atoms with van der Waals surface area (Å²) >= 11 is 6.00. The number of rotatable bonds is 4. The van der Waals surface area contributed by atoms with Crippen LogP contribution in [-0.4, -0.2) is 6.04 Å². The molecule has 0 aliphatic heterocycles. The topological polar surface area (TPSA) is 26.0 Å². The minimum atomic E-state index is -0.263. The van der Waals surface area contributed by atoms with E-state index in [0.717, 1.165) is 6.42 Å². The molecule has 0 aromatic heterocycles. The second kappa shape index (κ2) is 6.03. The molecule has 2 N–H and O–H groups in total. The Morgan fingerprint density at radius 1 is 1.33 bits per heavy atom. The van der Waals surface area contributed by atoms with Crippen molar-refractivity contribution in [1.82, 2.24) is 0 Å². The molecule has 2 atom stereocenters. The van der Waals surface area contributed by atoms with E-state index in [2.05, 4.69) is 27.7 Å². The van der Waals surface area contributed by atoms with Gasteiger partial charge in [-0.2, -0.15) is 0 Å². The molecular weight excluding hydrogens is 249 g/mol. The number of nitrogens with two attached hydrogens (primary N) is 1. The molecule has 0 saturated carbocycles. The van der Waals surface area contributed by atoms with E-state index >= 15 is 0 Å². The average Bonchev–Trinajstić information content (AvgIpc) is 2.22. The molecule has 0 bridgehead atoms. The highest BCUT2D eigenvalue weighted by Crippen LogP contribution is 2.30. The van der Waals surface area contributed by atoms with Crippen LogP contribution in [0.5, 0.6) is 0 Å². The lowest BCUT2D eigenvalue weighted by atomic mass is 9.78. The summed E-state index contributed by atoms with van der Waals surface area (Å²) in [4.78, 5) is 0. The van der Waals surface area contributed by atoms with Crippen LogP contribution < -0.4 is 5.73 Å². The van der Waals surface area contributed by atoms with Gasteiger partial charge in [0.2, 0.25) is 0 Å². The van der Waals surface area contributed by atoms with Crippen molar-refractivity contribution in [2.24, 2.45) is 17.1 Å². The lowest BCUT2D eigenvalue weighted by Gasteiger charge is -2.29. The number of halogens is 2. The maximum Gasteiger partial charge on any atom is 0.127 e. The Morgan fingerprint density at radius 2 is 1.94 bits per heavy atom. The fourth-order valence-corrected chi connectivity index (χ4v) is 2.12. The van der Waals surface area contributed by atoms with Crippen LogP contribution in [0, 0.1) is 17.2 Å². The molecule has 0 spiro atoms. The number of hydrogen-bond acceptors (Lipinski definition) is 1. The van der Waals surface area contributed by atoms with Crippen LogP contribution >= 0.6 is 11.6 Å². The Labute approximate surface area is 115 Å². The van der Waals surface area contributed by atoms with Crippen molar-refractivity contribution in [3.05, 3.63) is 34.6 Å². The van der Waals surface area contributed by atoms with Crippen molar-refractivity contribution in [1.29, 1.82) is 0 Å². The summed E-state index contributed by atoms with van der Waals surface area (Å²) in [7, 11) is 0. The SMILES string of the molecule is CC(CC(N)Cc1c(F)cccc1Cl)C(C)(C)C. The highest BCUT2D eigenvalue weighted by atomic mass is 35.5. The van der Waals surface area contributed by atoms with Gasteiger partial charge in [0.25, 0.3) is 0 Å². The molecule has 0 fully saturated rings. The van der Waals surface area contributed by atoms with Gasteiger partial charge in [-0.15, -0.1) is 0 Å². The first-order valence-corrected chi connectivity index (χ1v) is 6.78. The lowest BCUT2D eigenvalue weighted by molar-refractivity contribution is 0.232. The summed E-state index contributed by atoms with van der Waals surface area (Å²) in [5, 5.41) is 0.467. The smallest absolute Gasteiger partial charge is 0.127 e. The molecular formula is C15H23ClFN. The van der Waals surface area contributed by atoms with Crippen LogP contribution in [0.4, 0.5) is 4.39 Å². The second-order valence-corrected chi connectivity index (χ2v) is 6.57. The van der Waals surface area contributed by atoms with Crippen LogP contribution in [0.15, 0.2) is 18.2 Å². The monoisotopic (exact) mass is 271 g/mol. The van der Waals surface area contributed by atoms with Gasteiger partial charge in [0.1, 0.15) is 5.82 Å². The van der Waals surface area contributed by atoms with Gasteiger partial charge >= 0.3 is 0 Å². The first-order valence-electron chi connectivity index (χ1n) is 6.40. The predicted octanol–water partition coefficient (Wildman–Crippen LogP) is 4.42. The van der Waals surface area contributed by atoms with Crippen molar-refractivity contribution in [2.45, 2.75) is 46.6 Å². The van der Waals surface area contributed by atoms with Crippen LogP contribution in [0.25, 0.3) is 0 Å². The maximum absolute atomic E-state index is 13.6. The van der Waals surface area contributed by atoms with Gasteiger partial charge in [-0.1, -0.05) is 45.4 Å². The number of hydrogen-bond donors (Lipinski definition) is 1. The molecule has 2 unspecified atom stereocenters. The number of benzene rings is 1. The minimum Gasteiger partial charge on any atom is -0.327 e. The zero-order valence-electron chi connectivity index (χ0n) is 11.6.